The highest BCUT2D eigenvalue weighted by atomic mass is 19.3. The van der Waals surface area contributed by atoms with Gasteiger partial charge >= 0.3 is 0 Å². The third-order valence-electron chi connectivity index (χ3n) is 8.96. The van der Waals surface area contributed by atoms with Gasteiger partial charge in [-0.3, -0.25) is 14.3 Å². The molecule has 3 saturated carbocycles. The minimum absolute atomic E-state index is 0.0706. The lowest BCUT2D eigenvalue weighted by Crippen LogP contribution is -2.39. The molecule has 232 valence electrons. The van der Waals surface area contributed by atoms with Gasteiger partial charge in [-0.2, -0.15) is 10.2 Å². The standard InChI is InChI=1S/C30H37F4N7O2/c1-2-9-40-16-22(15-35-40)28(43)39-27(20-5-7-29(31,32)8-6-20)23-17-41-24(37-23)11-21(14-36-41)26(19-3-4-19)38-25(42)10-18-12-30(33,34)13-18/h11,14-20,26-27H,2-10,12-13H2,1H3,(H,38,42)(H,39,43)/t26-,27-/m0/s1. The van der Waals surface area contributed by atoms with Crippen molar-refractivity contribution in [3.63, 3.8) is 0 Å². The Morgan fingerprint density at radius 3 is 2.35 bits per heavy atom. The topological polar surface area (TPSA) is 106 Å². The van der Waals surface area contributed by atoms with Gasteiger partial charge in [-0.25, -0.2) is 27.1 Å². The zero-order valence-electron chi connectivity index (χ0n) is 24.1. The number of hydrogen-bond acceptors (Lipinski definition) is 5. The molecule has 3 aromatic rings. The predicted octanol–water partition coefficient (Wildman–Crippen LogP) is 5.64. The fraction of sp³-hybridized carbons (Fsp3) is 0.633. The summed E-state index contributed by atoms with van der Waals surface area (Å²) in [5.41, 5.74) is 2.17. The van der Waals surface area contributed by atoms with Crippen LogP contribution in [0.4, 0.5) is 17.6 Å². The van der Waals surface area contributed by atoms with Crippen LogP contribution >= 0.6 is 0 Å². The number of imidazole rings is 1. The maximum Gasteiger partial charge on any atom is 0.255 e. The number of carbonyl (C=O) groups excluding carboxylic acids is 2. The van der Waals surface area contributed by atoms with Gasteiger partial charge in [-0.1, -0.05) is 6.92 Å². The molecule has 6 rings (SSSR count). The number of carbonyl (C=O) groups is 2. The maximum absolute atomic E-state index is 14.0. The van der Waals surface area contributed by atoms with Gasteiger partial charge in [0.15, 0.2) is 5.65 Å². The highest BCUT2D eigenvalue weighted by Crippen LogP contribution is 2.45. The Kier molecular flexibility index (Phi) is 7.93. The molecule has 13 heteroatoms. The van der Waals surface area contributed by atoms with Crippen LogP contribution in [-0.4, -0.2) is 48.0 Å². The van der Waals surface area contributed by atoms with Gasteiger partial charge in [-0.05, 0) is 61.5 Å². The maximum atomic E-state index is 14.0. The van der Waals surface area contributed by atoms with Gasteiger partial charge in [0.25, 0.3) is 5.91 Å². The Balaban J connectivity index is 1.22. The number of aryl methyl sites for hydroxylation is 1. The van der Waals surface area contributed by atoms with Crippen LogP contribution in [0.2, 0.25) is 0 Å². The lowest BCUT2D eigenvalue weighted by molar-refractivity contribution is -0.134. The molecule has 2 amide bonds. The molecular formula is C30H37F4N7O2. The number of rotatable bonds is 11. The van der Waals surface area contributed by atoms with Crippen LogP contribution in [0.5, 0.6) is 0 Å². The van der Waals surface area contributed by atoms with E-state index in [1.807, 2.05) is 13.0 Å². The number of hydrogen-bond donors (Lipinski definition) is 2. The average molecular weight is 604 g/mol. The molecule has 3 aromatic heterocycles. The minimum Gasteiger partial charge on any atom is -0.349 e. The molecule has 0 spiro atoms. The molecule has 3 fully saturated rings. The van der Waals surface area contributed by atoms with E-state index in [2.05, 4.69) is 20.8 Å². The summed E-state index contributed by atoms with van der Waals surface area (Å²) in [5, 5.41) is 14.8. The molecule has 9 nitrogen and oxygen atoms in total. The van der Waals surface area contributed by atoms with E-state index in [0.717, 1.165) is 24.8 Å². The van der Waals surface area contributed by atoms with Gasteiger partial charge in [0.2, 0.25) is 17.8 Å². The summed E-state index contributed by atoms with van der Waals surface area (Å²) in [7, 11) is 0. The van der Waals surface area contributed by atoms with Crippen LogP contribution in [0.1, 0.15) is 105 Å². The monoisotopic (exact) mass is 603 g/mol. The molecule has 3 heterocycles. The summed E-state index contributed by atoms with van der Waals surface area (Å²) in [6.07, 6.45) is 8.81. The Hall–Kier alpha value is -3.51. The summed E-state index contributed by atoms with van der Waals surface area (Å²) >= 11 is 0. The Morgan fingerprint density at radius 2 is 1.67 bits per heavy atom. The molecule has 2 atom stereocenters. The summed E-state index contributed by atoms with van der Waals surface area (Å²) in [4.78, 5) is 30.7. The second kappa shape index (κ2) is 11.5. The highest BCUT2D eigenvalue weighted by Gasteiger charge is 2.46. The molecule has 2 N–H and O–H groups in total. The fourth-order valence-electron chi connectivity index (χ4n) is 6.44. The largest absolute Gasteiger partial charge is 0.349 e. The minimum atomic E-state index is -2.72. The van der Waals surface area contributed by atoms with Gasteiger partial charge in [0.1, 0.15) is 0 Å². The van der Waals surface area contributed by atoms with Crippen LogP contribution in [-0.2, 0) is 11.3 Å². The van der Waals surface area contributed by atoms with E-state index in [9.17, 15) is 27.2 Å². The number of aromatic nitrogens is 5. The zero-order valence-corrected chi connectivity index (χ0v) is 24.1. The third-order valence-corrected chi connectivity index (χ3v) is 8.96. The van der Waals surface area contributed by atoms with Crippen molar-refractivity contribution < 1.29 is 27.2 Å². The number of alkyl halides is 4. The van der Waals surface area contributed by atoms with E-state index in [4.69, 9.17) is 4.98 Å². The Bertz CT molecular complexity index is 1470. The van der Waals surface area contributed by atoms with Crippen LogP contribution in [0.3, 0.4) is 0 Å². The normalized spacial score (nSPS) is 21.7. The molecule has 0 radical (unpaired) electrons. The number of fused-ring (bicyclic) bond motifs is 1. The van der Waals surface area contributed by atoms with Crippen molar-refractivity contribution in [2.45, 2.75) is 102 Å². The molecule has 3 aliphatic carbocycles. The van der Waals surface area contributed by atoms with Crippen molar-refractivity contribution in [3.8, 4) is 0 Å². The van der Waals surface area contributed by atoms with Crippen molar-refractivity contribution in [3.05, 3.63) is 47.7 Å². The first kappa shape index (κ1) is 29.6. The first-order valence-corrected chi connectivity index (χ1v) is 15.2. The van der Waals surface area contributed by atoms with Gasteiger partial charge < -0.3 is 10.6 Å². The Morgan fingerprint density at radius 1 is 0.953 bits per heavy atom. The van der Waals surface area contributed by atoms with Crippen molar-refractivity contribution in [1.29, 1.82) is 0 Å². The summed E-state index contributed by atoms with van der Waals surface area (Å²) in [6, 6.07) is 0.921. The summed E-state index contributed by atoms with van der Waals surface area (Å²) in [6.45, 7) is 2.69. The lowest BCUT2D eigenvalue weighted by atomic mass is 9.79. The Labute approximate surface area is 246 Å². The number of nitrogens with one attached hydrogen (secondary N) is 2. The summed E-state index contributed by atoms with van der Waals surface area (Å²) in [5.74, 6) is -6.30. The van der Waals surface area contributed by atoms with E-state index in [0.29, 0.717) is 23.4 Å². The predicted molar refractivity (Wildman–Crippen MR) is 149 cm³/mol. The van der Waals surface area contributed by atoms with Gasteiger partial charge in [-0.15, -0.1) is 0 Å². The zero-order chi connectivity index (χ0) is 30.4. The molecule has 0 bridgehead atoms. The van der Waals surface area contributed by atoms with Gasteiger partial charge in [0.05, 0.1) is 41.9 Å². The van der Waals surface area contributed by atoms with Crippen molar-refractivity contribution in [2.75, 3.05) is 0 Å². The van der Waals surface area contributed by atoms with E-state index in [1.165, 1.54) is 6.20 Å². The number of nitrogens with zero attached hydrogens (tertiary/aromatic N) is 5. The first-order chi connectivity index (χ1) is 20.5. The van der Waals surface area contributed by atoms with Crippen molar-refractivity contribution >= 4 is 17.5 Å². The van der Waals surface area contributed by atoms with E-state index in [-0.39, 0.29) is 80.6 Å². The smallest absolute Gasteiger partial charge is 0.255 e. The van der Waals surface area contributed by atoms with E-state index < -0.39 is 17.9 Å². The molecular weight excluding hydrogens is 566 g/mol. The SMILES string of the molecule is CCCn1cc(C(=O)N[C@H](c2cn3ncc([C@@H](NC(=O)CC4CC(F)(F)C4)C4CC4)cc3n2)C2CCC(F)(F)CC2)cn1. The van der Waals surface area contributed by atoms with Crippen LogP contribution in [0.15, 0.2) is 30.9 Å². The van der Waals surface area contributed by atoms with Crippen molar-refractivity contribution in [1.82, 2.24) is 35.0 Å². The second-order valence-corrected chi connectivity index (χ2v) is 12.6. The molecule has 0 aromatic carbocycles. The van der Waals surface area contributed by atoms with E-state index >= 15 is 0 Å². The molecule has 0 aliphatic heterocycles. The first-order valence-electron chi connectivity index (χ1n) is 15.2. The fourth-order valence-corrected chi connectivity index (χ4v) is 6.44. The molecule has 0 saturated heterocycles. The molecule has 0 unspecified atom stereocenters. The third kappa shape index (κ3) is 6.85. The number of halogens is 4. The van der Waals surface area contributed by atoms with Crippen LogP contribution in [0.25, 0.3) is 5.65 Å². The number of amides is 2. The van der Waals surface area contributed by atoms with Crippen molar-refractivity contribution in [2.24, 2.45) is 17.8 Å². The van der Waals surface area contributed by atoms with Gasteiger partial charge in [0, 0.05) is 44.8 Å². The highest BCUT2D eigenvalue weighted by molar-refractivity contribution is 5.94. The van der Waals surface area contributed by atoms with Crippen LogP contribution < -0.4 is 10.6 Å². The molecule has 3 aliphatic rings. The average Bonchev–Trinajstić information content (AvgIpc) is 3.51. The molecule has 43 heavy (non-hydrogen) atoms. The lowest BCUT2D eigenvalue weighted by Gasteiger charge is -2.34. The quantitative estimate of drug-likeness (QED) is 0.276. The van der Waals surface area contributed by atoms with Crippen LogP contribution in [0, 0.1) is 17.8 Å². The second-order valence-electron chi connectivity index (χ2n) is 12.6. The van der Waals surface area contributed by atoms with E-state index in [1.54, 1.807) is 27.8 Å². The summed E-state index contributed by atoms with van der Waals surface area (Å²) < 4.78 is 57.8.